The van der Waals surface area contributed by atoms with Crippen molar-refractivity contribution in [2.75, 3.05) is 32.9 Å². The molecule has 1 aromatic heterocycles. The maximum absolute atomic E-state index is 12.4. The quantitative estimate of drug-likeness (QED) is 0.604. The maximum atomic E-state index is 12.4. The van der Waals surface area contributed by atoms with Crippen molar-refractivity contribution >= 4 is 5.91 Å². The summed E-state index contributed by atoms with van der Waals surface area (Å²) in [5.74, 6) is 0.373. The SMILES string of the molecule is O=C(c1ccncc1)N1CC2NNC(COCCO)C2C1. The van der Waals surface area contributed by atoms with Gasteiger partial charge in [-0.3, -0.25) is 20.6 Å². The smallest absolute Gasteiger partial charge is 0.254 e. The molecule has 3 unspecified atom stereocenters. The van der Waals surface area contributed by atoms with Crippen molar-refractivity contribution in [3.05, 3.63) is 30.1 Å². The first-order valence-electron chi connectivity index (χ1n) is 7.18. The Morgan fingerprint density at radius 1 is 1.38 bits per heavy atom. The number of hydrazine groups is 1. The van der Waals surface area contributed by atoms with E-state index in [9.17, 15) is 4.79 Å². The van der Waals surface area contributed by atoms with E-state index in [0.717, 1.165) is 0 Å². The van der Waals surface area contributed by atoms with Crippen LogP contribution in [-0.2, 0) is 4.74 Å². The Hall–Kier alpha value is -1.54. The number of rotatable bonds is 5. The minimum atomic E-state index is 0.0287. The molecule has 2 fully saturated rings. The van der Waals surface area contributed by atoms with E-state index in [-0.39, 0.29) is 24.6 Å². The van der Waals surface area contributed by atoms with Gasteiger partial charge in [0.25, 0.3) is 5.91 Å². The van der Waals surface area contributed by atoms with Gasteiger partial charge in [0, 0.05) is 43.0 Å². The van der Waals surface area contributed by atoms with Crippen molar-refractivity contribution in [1.29, 1.82) is 0 Å². The minimum Gasteiger partial charge on any atom is -0.394 e. The van der Waals surface area contributed by atoms with E-state index in [1.807, 2.05) is 4.90 Å². The number of carbonyl (C=O) groups excluding carboxylic acids is 1. The number of amides is 1. The average Bonchev–Trinajstić information content (AvgIpc) is 3.09. The second kappa shape index (κ2) is 6.48. The van der Waals surface area contributed by atoms with E-state index in [4.69, 9.17) is 9.84 Å². The molecular formula is C14H20N4O3. The van der Waals surface area contributed by atoms with Crippen LogP contribution in [0.25, 0.3) is 0 Å². The Morgan fingerprint density at radius 3 is 2.95 bits per heavy atom. The molecule has 3 heterocycles. The van der Waals surface area contributed by atoms with Gasteiger partial charge in [-0.05, 0) is 12.1 Å². The highest BCUT2D eigenvalue weighted by Gasteiger charge is 2.44. The lowest BCUT2D eigenvalue weighted by Gasteiger charge is -2.20. The fraction of sp³-hybridized carbons (Fsp3) is 0.571. The van der Waals surface area contributed by atoms with Crippen LogP contribution < -0.4 is 10.9 Å². The highest BCUT2D eigenvalue weighted by Crippen LogP contribution is 2.25. The van der Waals surface area contributed by atoms with E-state index < -0.39 is 0 Å². The number of hydrogen-bond donors (Lipinski definition) is 3. The zero-order chi connectivity index (χ0) is 14.7. The molecule has 1 amide bonds. The first-order valence-corrected chi connectivity index (χ1v) is 7.18. The molecule has 7 nitrogen and oxygen atoms in total. The van der Waals surface area contributed by atoms with E-state index in [1.165, 1.54) is 0 Å². The van der Waals surface area contributed by atoms with Crippen LogP contribution in [0.5, 0.6) is 0 Å². The first-order chi connectivity index (χ1) is 10.3. The number of likely N-dealkylation sites (tertiary alicyclic amines) is 1. The molecular weight excluding hydrogens is 272 g/mol. The second-order valence-electron chi connectivity index (χ2n) is 5.41. The summed E-state index contributed by atoms with van der Waals surface area (Å²) < 4.78 is 5.39. The van der Waals surface area contributed by atoms with Crippen LogP contribution in [0.15, 0.2) is 24.5 Å². The number of aliphatic hydroxyl groups is 1. The van der Waals surface area contributed by atoms with E-state index in [1.54, 1.807) is 24.5 Å². The van der Waals surface area contributed by atoms with Crippen LogP contribution in [0.1, 0.15) is 10.4 Å². The molecule has 0 aromatic carbocycles. The number of ether oxygens (including phenoxy) is 1. The molecule has 0 bridgehead atoms. The first kappa shape index (κ1) is 14.4. The van der Waals surface area contributed by atoms with Gasteiger partial charge in [0.1, 0.15) is 0 Å². The second-order valence-corrected chi connectivity index (χ2v) is 5.41. The minimum absolute atomic E-state index is 0.0287. The molecule has 1 aromatic rings. The third-order valence-corrected chi connectivity index (χ3v) is 4.08. The van der Waals surface area contributed by atoms with Gasteiger partial charge >= 0.3 is 0 Å². The van der Waals surface area contributed by atoms with Crippen LogP contribution >= 0.6 is 0 Å². The highest BCUT2D eigenvalue weighted by atomic mass is 16.5. The monoisotopic (exact) mass is 292 g/mol. The van der Waals surface area contributed by atoms with E-state index in [0.29, 0.717) is 37.8 Å². The lowest BCUT2D eigenvalue weighted by atomic mass is 9.98. The van der Waals surface area contributed by atoms with Gasteiger partial charge in [-0.1, -0.05) is 0 Å². The van der Waals surface area contributed by atoms with Crippen LogP contribution in [0.2, 0.25) is 0 Å². The Bertz CT molecular complexity index is 484. The van der Waals surface area contributed by atoms with E-state index in [2.05, 4.69) is 15.8 Å². The van der Waals surface area contributed by atoms with Crippen LogP contribution in [-0.4, -0.2) is 65.9 Å². The summed E-state index contributed by atoms with van der Waals surface area (Å²) in [7, 11) is 0. The summed E-state index contributed by atoms with van der Waals surface area (Å²) in [4.78, 5) is 18.2. The molecule has 2 saturated heterocycles. The summed E-state index contributed by atoms with van der Waals surface area (Å²) >= 11 is 0. The predicted molar refractivity (Wildman–Crippen MR) is 75.4 cm³/mol. The van der Waals surface area contributed by atoms with Crippen molar-refractivity contribution in [3.8, 4) is 0 Å². The molecule has 3 N–H and O–H groups in total. The lowest BCUT2D eigenvalue weighted by molar-refractivity contribution is 0.0670. The van der Waals surface area contributed by atoms with Gasteiger partial charge in [0.15, 0.2) is 0 Å². The van der Waals surface area contributed by atoms with Gasteiger partial charge in [-0.25, -0.2) is 0 Å². The maximum Gasteiger partial charge on any atom is 0.254 e. The molecule has 7 heteroatoms. The third kappa shape index (κ3) is 3.06. The fourth-order valence-corrected chi connectivity index (χ4v) is 2.99. The van der Waals surface area contributed by atoms with Crippen molar-refractivity contribution in [2.45, 2.75) is 12.1 Å². The number of nitrogens with zero attached hydrogens (tertiary/aromatic N) is 2. The summed E-state index contributed by atoms with van der Waals surface area (Å²) in [5.41, 5.74) is 7.12. The number of fused-ring (bicyclic) bond motifs is 1. The van der Waals surface area contributed by atoms with Gasteiger partial charge in [-0.15, -0.1) is 0 Å². The van der Waals surface area contributed by atoms with Gasteiger partial charge < -0.3 is 14.7 Å². The number of aromatic nitrogens is 1. The Labute approximate surface area is 123 Å². The van der Waals surface area contributed by atoms with Crippen molar-refractivity contribution < 1.29 is 14.6 Å². The average molecular weight is 292 g/mol. The van der Waals surface area contributed by atoms with Gasteiger partial charge in [0.2, 0.25) is 0 Å². The fourth-order valence-electron chi connectivity index (χ4n) is 2.99. The summed E-state index contributed by atoms with van der Waals surface area (Å²) in [6.07, 6.45) is 3.27. The molecule has 0 saturated carbocycles. The van der Waals surface area contributed by atoms with Crippen molar-refractivity contribution in [3.63, 3.8) is 0 Å². The molecule has 2 aliphatic heterocycles. The number of nitrogens with one attached hydrogen (secondary N) is 2. The highest BCUT2D eigenvalue weighted by molar-refractivity contribution is 5.94. The van der Waals surface area contributed by atoms with Crippen LogP contribution in [0, 0.1) is 5.92 Å². The number of pyridine rings is 1. The molecule has 3 rings (SSSR count). The number of carbonyl (C=O) groups is 1. The Kier molecular flexibility index (Phi) is 4.45. The zero-order valence-electron chi connectivity index (χ0n) is 11.7. The molecule has 0 aliphatic carbocycles. The zero-order valence-corrected chi connectivity index (χ0v) is 11.7. The lowest BCUT2D eigenvalue weighted by Crippen LogP contribution is -2.42. The normalized spacial score (nSPS) is 27.9. The predicted octanol–water partition coefficient (Wildman–Crippen LogP) is -0.992. The van der Waals surface area contributed by atoms with Gasteiger partial charge in [-0.2, -0.15) is 0 Å². The summed E-state index contributed by atoms with van der Waals surface area (Å²) in [6, 6.07) is 3.89. The Morgan fingerprint density at radius 2 is 2.19 bits per heavy atom. The van der Waals surface area contributed by atoms with Crippen LogP contribution in [0.4, 0.5) is 0 Å². The molecule has 2 aliphatic rings. The van der Waals surface area contributed by atoms with E-state index >= 15 is 0 Å². The molecule has 0 radical (unpaired) electrons. The summed E-state index contributed by atoms with van der Waals surface area (Å²) in [5, 5.41) is 8.75. The molecule has 114 valence electrons. The number of hydrogen-bond acceptors (Lipinski definition) is 6. The van der Waals surface area contributed by atoms with Crippen LogP contribution in [0.3, 0.4) is 0 Å². The van der Waals surface area contributed by atoms with Crippen molar-refractivity contribution in [2.24, 2.45) is 5.92 Å². The summed E-state index contributed by atoms with van der Waals surface area (Å²) in [6.45, 7) is 2.30. The largest absolute Gasteiger partial charge is 0.394 e. The number of aliphatic hydroxyl groups excluding tert-OH is 1. The topological polar surface area (TPSA) is 86.7 Å². The molecule has 3 atom stereocenters. The standard InChI is InChI=1S/C14H20N4O3/c19-5-6-21-9-13-11-7-18(8-12(11)16-17-13)14(20)10-1-3-15-4-2-10/h1-4,11-13,16-17,19H,5-9H2. The Balaban J connectivity index is 1.59. The molecule has 0 spiro atoms. The van der Waals surface area contributed by atoms with Crippen molar-refractivity contribution in [1.82, 2.24) is 20.7 Å². The molecule has 21 heavy (non-hydrogen) atoms. The van der Waals surface area contributed by atoms with Gasteiger partial charge in [0.05, 0.1) is 25.9 Å². The third-order valence-electron chi connectivity index (χ3n) is 4.08.